The van der Waals surface area contributed by atoms with Crippen LogP contribution in [0.3, 0.4) is 0 Å². The number of carbonyl (C=O) groups is 3. The van der Waals surface area contributed by atoms with E-state index in [2.05, 4.69) is 15.3 Å². The van der Waals surface area contributed by atoms with Crippen molar-refractivity contribution in [1.29, 1.82) is 0 Å². The Kier molecular flexibility index (Phi) is 5.20. The van der Waals surface area contributed by atoms with E-state index in [1.807, 2.05) is 24.3 Å². The number of aryl methyl sites for hydroxylation is 1. The molecule has 0 radical (unpaired) electrons. The number of carbonyl (C=O) groups excluding carboxylic acids is 3. The zero-order valence-electron chi connectivity index (χ0n) is 15.0. The summed E-state index contributed by atoms with van der Waals surface area (Å²) in [5.74, 6) is 0.294. The van der Waals surface area contributed by atoms with E-state index in [0.29, 0.717) is 19.5 Å². The molecule has 0 aliphatic carbocycles. The summed E-state index contributed by atoms with van der Waals surface area (Å²) in [7, 11) is 1.53. The lowest BCUT2D eigenvalue weighted by Crippen LogP contribution is -2.61. The topological polar surface area (TPSA) is 98.4 Å². The Bertz CT molecular complexity index is 798. The average Bonchev–Trinajstić information content (AvgIpc) is 3.07. The molecule has 2 aromatic rings. The molecule has 1 atom stereocenters. The number of hydrogen-bond acceptors (Lipinski definition) is 4. The Morgan fingerprint density at radius 2 is 2.04 bits per heavy atom. The molecule has 3 rings (SSSR count). The molecule has 138 valence electrons. The fourth-order valence-electron chi connectivity index (χ4n) is 3.25. The fraction of sp³-hybridized carbons (Fsp3) is 0.444. The van der Waals surface area contributed by atoms with Gasteiger partial charge in [-0.1, -0.05) is 12.1 Å². The predicted molar refractivity (Wildman–Crippen MR) is 96.2 cm³/mol. The lowest BCUT2D eigenvalue weighted by Gasteiger charge is -2.40. The summed E-state index contributed by atoms with van der Waals surface area (Å²) in [4.78, 5) is 47.3. The third-order valence-electron chi connectivity index (χ3n) is 4.71. The number of rotatable bonds is 4. The highest BCUT2D eigenvalue weighted by atomic mass is 16.2. The highest BCUT2D eigenvalue weighted by Gasteiger charge is 2.35. The van der Waals surface area contributed by atoms with Crippen molar-refractivity contribution in [3.05, 3.63) is 30.1 Å². The minimum absolute atomic E-state index is 0.0896. The van der Waals surface area contributed by atoms with Crippen molar-refractivity contribution in [2.75, 3.05) is 26.7 Å². The number of para-hydroxylation sites is 2. The zero-order valence-corrected chi connectivity index (χ0v) is 15.0. The number of benzene rings is 1. The first kappa shape index (κ1) is 17.9. The van der Waals surface area contributed by atoms with Crippen LogP contribution in [0, 0.1) is 0 Å². The number of H-pyrrole nitrogens is 1. The first-order valence-electron chi connectivity index (χ1n) is 8.70. The van der Waals surface area contributed by atoms with Gasteiger partial charge in [-0.25, -0.2) is 4.98 Å². The van der Waals surface area contributed by atoms with Gasteiger partial charge in [0.15, 0.2) is 0 Å². The number of fused-ring (bicyclic) bond motifs is 1. The number of aromatic nitrogens is 2. The zero-order chi connectivity index (χ0) is 18.7. The molecule has 1 aromatic heterocycles. The molecule has 2 heterocycles. The van der Waals surface area contributed by atoms with Crippen molar-refractivity contribution < 1.29 is 14.4 Å². The largest absolute Gasteiger partial charge is 0.357 e. The molecule has 26 heavy (non-hydrogen) atoms. The van der Waals surface area contributed by atoms with Crippen molar-refractivity contribution >= 4 is 28.8 Å². The van der Waals surface area contributed by atoms with Gasteiger partial charge in [0.2, 0.25) is 17.7 Å². The standard InChI is InChI=1S/C18H23N5O3/c1-12(24)22-9-10-23(15(11-22)18(26)19-2)17(25)8-7-16-20-13-5-3-4-6-14(13)21-16/h3-6,15H,7-11H2,1-2H3,(H,19,26)(H,20,21). The van der Waals surface area contributed by atoms with Crippen molar-refractivity contribution in [3.63, 3.8) is 0 Å². The summed E-state index contributed by atoms with van der Waals surface area (Å²) in [6.45, 7) is 2.50. The number of amides is 3. The van der Waals surface area contributed by atoms with Gasteiger partial charge >= 0.3 is 0 Å². The first-order chi connectivity index (χ1) is 12.5. The normalized spacial score (nSPS) is 17.4. The van der Waals surface area contributed by atoms with E-state index in [4.69, 9.17) is 0 Å². The Morgan fingerprint density at radius 3 is 2.73 bits per heavy atom. The van der Waals surface area contributed by atoms with Gasteiger partial charge in [0.1, 0.15) is 11.9 Å². The van der Waals surface area contributed by atoms with Crippen LogP contribution < -0.4 is 5.32 Å². The first-order valence-corrected chi connectivity index (χ1v) is 8.70. The Balaban J connectivity index is 1.66. The van der Waals surface area contributed by atoms with Gasteiger partial charge in [-0.15, -0.1) is 0 Å². The number of nitrogens with one attached hydrogen (secondary N) is 2. The lowest BCUT2D eigenvalue weighted by atomic mass is 10.1. The van der Waals surface area contributed by atoms with Crippen LogP contribution in [0.1, 0.15) is 19.2 Å². The van der Waals surface area contributed by atoms with Gasteiger partial charge in [0.25, 0.3) is 0 Å². The minimum Gasteiger partial charge on any atom is -0.357 e. The smallest absolute Gasteiger partial charge is 0.244 e. The van der Waals surface area contributed by atoms with Gasteiger partial charge in [-0.05, 0) is 12.1 Å². The summed E-state index contributed by atoms with van der Waals surface area (Å²) in [6.07, 6.45) is 0.730. The van der Waals surface area contributed by atoms with Gasteiger partial charge in [-0.3, -0.25) is 14.4 Å². The monoisotopic (exact) mass is 357 g/mol. The summed E-state index contributed by atoms with van der Waals surface area (Å²) in [5.41, 5.74) is 1.81. The number of aromatic amines is 1. The average molecular weight is 357 g/mol. The molecule has 0 saturated carbocycles. The van der Waals surface area contributed by atoms with Crippen molar-refractivity contribution in [2.45, 2.75) is 25.8 Å². The van der Waals surface area contributed by atoms with Gasteiger partial charge < -0.3 is 20.1 Å². The van der Waals surface area contributed by atoms with E-state index in [0.717, 1.165) is 16.9 Å². The molecule has 1 aliphatic heterocycles. The van der Waals surface area contributed by atoms with Crippen LogP contribution in [-0.2, 0) is 20.8 Å². The van der Waals surface area contributed by atoms with E-state index < -0.39 is 6.04 Å². The maximum atomic E-state index is 12.7. The second-order valence-electron chi connectivity index (χ2n) is 6.38. The Labute approximate surface area is 151 Å². The highest BCUT2D eigenvalue weighted by molar-refractivity contribution is 5.89. The molecular weight excluding hydrogens is 334 g/mol. The number of piperazine rings is 1. The number of nitrogens with zero attached hydrogens (tertiary/aromatic N) is 3. The molecule has 1 saturated heterocycles. The summed E-state index contributed by atoms with van der Waals surface area (Å²) < 4.78 is 0. The quantitative estimate of drug-likeness (QED) is 0.822. The van der Waals surface area contributed by atoms with Crippen LogP contribution in [0.15, 0.2) is 24.3 Å². The maximum absolute atomic E-state index is 12.7. The molecule has 2 N–H and O–H groups in total. The molecule has 1 aliphatic rings. The van der Waals surface area contributed by atoms with E-state index in [1.165, 1.54) is 14.0 Å². The van der Waals surface area contributed by atoms with Gasteiger partial charge in [0, 0.05) is 39.9 Å². The van der Waals surface area contributed by atoms with Crippen molar-refractivity contribution in [2.24, 2.45) is 0 Å². The molecule has 1 fully saturated rings. The number of hydrogen-bond donors (Lipinski definition) is 2. The SMILES string of the molecule is CNC(=O)C1CN(C(C)=O)CCN1C(=O)CCc1nc2ccccc2[nH]1. The Hall–Kier alpha value is -2.90. The maximum Gasteiger partial charge on any atom is 0.244 e. The molecule has 0 bridgehead atoms. The van der Waals surface area contributed by atoms with Gasteiger partial charge in [-0.2, -0.15) is 0 Å². The fourth-order valence-corrected chi connectivity index (χ4v) is 3.25. The third kappa shape index (κ3) is 3.68. The van der Waals surface area contributed by atoms with E-state index in [1.54, 1.807) is 9.80 Å². The summed E-state index contributed by atoms with van der Waals surface area (Å²) in [6, 6.07) is 7.05. The molecule has 1 aromatic carbocycles. The summed E-state index contributed by atoms with van der Waals surface area (Å²) in [5, 5.41) is 2.58. The molecule has 3 amide bonds. The van der Waals surface area contributed by atoms with Crippen LogP contribution in [0.25, 0.3) is 11.0 Å². The van der Waals surface area contributed by atoms with Crippen LogP contribution >= 0.6 is 0 Å². The van der Waals surface area contributed by atoms with Gasteiger partial charge in [0.05, 0.1) is 17.6 Å². The van der Waals surface area contributed by atoms with E-state index in [-0.39, 0.29) is 30.7 Å². The highest BCUT2D eigenvalue weighted by Crippen LogP contribution is 2.15. The van der Waals surface area contributed by atoms with Crippen LogP contribution in [0.5, 0.6) is 0 Å². The second-order valence-corrected chi connectivity index (χ2v) is 6.38. The van der Waals surface area contributed by atoms with Crippen LogP contribution in [-0.4, -0.2) is 70.2 Å². The molecule has 0 spiro atoms. The van der Waals surface area contributed by atoms with E-state index in [9.17, 15) is 14.4 Å². The second kappa shape index (κ2) is 7.55. The molecule has 1 unspecified atom stereocenters. The molecule has 8 nitrogen and oxygen atoms in total. The lowest BCUT2D eigenvalue weighted by molar-refractivity contribution is -0.147. The third-order valence-corrected chi connectivity index (χ3v) is 4.71. The van der Waals surface area contributed by atoms with Crippen molar-refractivity contribution in [3.8, 4) is 0 Å². The van der Waals surface area contributed by atoms with Crippen LogP contribution in [0.4, 0.5) is 0 Å². The Morgan fingerprint density at radius 1 is 1.27 bits per heavy atom. The predicted octanol–water partition coefficient (Wildman–Crippen LogP) is 0.301. The molecule has 8 heteroatoms. The van der Waals surface area contributed by atoms with Crippen LogP contribution in [0.2, 0.25) is 0 Å². The van der Waals surface area contributed by atoms with E-state index >= 15 is 0 Å². The van der Waals surface area contributed by atoms with Crippen molar-refractivity contribution in [1.82, 2.24) is 25.1 Å². The number of imidazole rings is 1. The summed E-state index contributed by atoms with van der Waals surface area (Å²) >= 11 is 0. The minimum atomic E-state index is -0.652. The molecular formula is C18H23N5O3. The number of likely N-dealkylation sites (N-methyl/N-ethyl adjacent to an activating group) is 1.